The van der Waals surface area contributed by atoms with Crippen LogP contribution < -0.4 is 0 Å². The van der Waals surface area contributed by atoms with Crippen molar-refractivity contribution in [1.82, 2.24) is 19.6 Å². The molecule has 7 heteroatoms. The Hall–Kier alpha value is -2.44. The molecule has 2 atom stereocenters. The molecule has 3 amide bonds. The Balaban J connectivity index is 1.63. The molecule has 7 nitrogen and oxygen atoms in total. The van der Waals surface area contributed by atoms with Gasteiger partial charge >= 0.3 is 0 Å². The minimum atomic E-state index is -0.288. The molecule has 1 fully saturated rings. The molecule has 0 radical (unpaired) electrons. The third-order valence-corrected chi connectivity index (χ3v) is 4.50. The van der Waals surface area contributed by atoms with E-state index in [1.165, 1.54) is 4.90 Å². The summed E-state index contributed by atoms with van der Waals surface area (Å²) in [4.78, 5) is 39.7. The second-order valence-corrected chi connectivity index (χ2v) is 6.19. The Morgan fingerprint density at radius 1 is 1.26 bits per heavy atom. The molecule has 0 saturated carbocycles. The Morgan fingerprint density at radius 3 is 2.39 bits per heavy atom. The highest BCUT2D eigenvalue weighted by Gasteiger charge is 2.47. The number of aryl methyl sites for hydroxylation is 1. The fraction of sp³-hybridized carbons (Fsp3) is 0.500. The first-order chi connectivity index (χ1) is 11.0. The topological polar surface area (TPSA) is 75.5 Å². The van der Waals surface area contributed by atoms with Crippen LogP contribution >= 0.6 is 0 Å². The van der Waals surface area contributed by atoms with Gasteiger partial charge in [-0.1, -0.05) is 12.2 Å². The number of nitrogens with zero attached hydrogens (tertiary/aromatic N) is 4. The van der Waals surface area contributed by atoms with Gasteiger partial charge in [0.15, 0.2) is 0 Å². The molecular weight excluding hydrogens is 296 g/mol. The van der Waals surface area contributed by atoms with Gasteiger partial charge in [-0.3, -0.25) is 24.0 Å². The quantitative estimate of drug-likeness (QED) is 0.592. The summed E-state index contributed by atoms with van der Waals surface area (Å²) in [7, 11) is 3.47. The van der Waals surface area contributed by atoms with Gasteiger partial charge < -0.3 is 4.90 Å². The van der Waals surface area contributed by atoms with Crippen LogP contribution in [0.3, 0.4) is 0 Å². The first-order valence-electron chi connectivity index (χ1n) is 7.69. The lowest BCUT2D eigenvalue weighted by Crippen LogP contribution is -2.41. The van der Waals surface area contributed by atoms with E-state index in [0.29, 0.717) is 19.4 Å². The first kappa shape index (κ1) is 15.5. The van der Waals surface area contributed by atoms with Crippen LogP contribution in [-0.4, -0.2) is 50.9 Å². The predicted molar refractivity (Wildman–Crippen MR) is 81.8 cm³/mol. The van der Waals surface area contributed by atoms with E-state index in [9.17, 15) is 14.4 Å². The van der Waals surface area contributed by atoms with Crippen molar-refractivity contribution in [2.24, 2.45) is 18.9 Å². The van der Waals surface area contributed by atoms with Crippen LogP contribution in [0.5, 0.6) is 0 Å². The summed E-state index contributed by atoms with van der Waals surface area (Å²) >= 11 is 0. The molecule has 0 bridgehead atoms. The van der Waals surface area contributed by atoms with E-state index >= 15 is 0 Å². The molecule has 122 valence electrons. The van der Waals surface area contributed by atoms with Crippen LogP contribution in [0.4, 0.5) is 0 Å². The van der Waals surface area contributed by atoms with Crippen LogP contribution in [0, 0.1) is 11.8 Å². The van der Waals surface area contributed by atoms with Gasteiger partial charge in [0.2, 0.25) is 17.7 Å². The van der Waals surface area contributed by atoms with E-state index in [1.54, 1.807) is 17.9 Å². The van der Waals surface area contributed by atoms with Crippen LogP contribution in [0.25, 0.3) is 0 Å². The summed E-state index contributed by atoms with van der Waals surface area (Å²) in [6.45, 7) is 0.221. The maximum atomic E-state index is 12.4. The number of imide groups is 1. The van der Waals surface area contributed by atoms with Gasteiger partial charge in [0, 0.05) is 32.4 Å². The maximum Gasteiger partial charge on any atom is 0.242 e. The maximum absolute atomic E-state index is 12.4. The van der Waals surface area contributed by atoms with Crippen molar-refractivity contribution in [3.05, 3.63) is 30.1 Å². The van der Waals surface area contributed by atoms with E-state index in [0.717, 1.165) is 10.5 Å². The van der Waals surface area contributed by atoms with Gasteiger partial charge in [0.05, 0.1) is 18.0 Å². The number of hydrogen-bond donors (Lipinski definition) is 0. The summed E-state index contributed by atoms with van der Waals surface area (Å²) in [5.74, 6) is -1.25. The smallest absolute Gasteiger partial charge is 0.242 e. The van der Waals surface area contributed by atoms with Crippen LogP contribution in [0.15, 0.2) is 24.5 Å². The summed E-state index contributed by atoms with van der Waals surface area (Å²) in [5.41, 5.74) is 0.903. The van der Waals surface area contributed by atoms with Gasteiger partial charge in [-0.25, -0.2) is 0 Å². The molecular formula is C16H20N4O3. The molecule has 2 unspecified atom stereocenters. The lowest BCUT2D eigenvalue weighted by atomic mass is 9.85. The Kier molecular flexibility index (Phi) is 4.02. The van der Waals surface area contributed by atoms with Gasteiger partial charge in [-0.05, 0) is 12.8 Å². The SMILES string of the molecule is CN(Cc1cnn(C)c1)C(=O)CN1C(=O)C2CC=CCC2C1=O. The second kappa shape index (κ2) is 5.98. The number of allylic oxidation sites excluding steroid dienone is 2. The number of likely N-dealkylation sites (tertiary alicyclic amines) is 1. The van der Waals surface area contributed by atoms with E-state index in [1.807, 2.05) is 25.4 Å². The van der Waals surface area contributed by atoms with E-state index in [2.05, 4.69) is 5.10 Å². The normalized spacial score (nSPS) is 23.3. The van der Waals surface area contributed by atoms with Crippen LogP contribution in [-0.2, 0) is 28.0 Å². The van der Waals surface area contributed by atoms with Gasteiger partial charge in [-0.15, -0.1) is 0 Å². The Labute approximate surface area is 134 Å². The molecule has 2 heterocycles. The molecule has 1 aromatic heterocycles. The average Bonchev–Trinajstić information content (AvgIpc) is 3.04. The van der Waals surface area contributed by atoms with Crippen molar-refractivity contribution in [3.63, 3.8) is 0 Å². The largest absolute Gasteiger partial charge is 0.340 e. The van der Waals surface area contributed by atoms with Gasteiger partial charge in [-0.2, -0.15) is 5.10 Å². The molecule has 1 aromatic rings. The minimum Gasteiger partial charge on any atom is -0.340 e. The van der Waals surface area contributed by atoms with E-state index in [4.69, 9.17) is 0 Å². The molecule has 0 spiro atoms. The number of fused-ring (bicyclic) bond motifs is 1. The van der Waals surface area contributed by atoms with E-state index < -0.39 is 0 Å². The Bertz CT molecular complexity index is 653. The Morgan fingerprint density at radius 2 is 1.87 bits per heavy atom. The van der Waals surface area contributed by atoms with Gasteiger partial charge in [0.1, 0.15) is 6.54 Å². The van der Waals surface area contributed by atoms with Crippen molar-refractivity contribution < 1.29 is 14.4 Å². The predicted octanol–water partition coefficient (Wildman–Crippen LogP) is 0.330. The zero-order valence-corrected chi connectivity index (χ0v) is 13.3. The fourth-order valence-electron chi connectivity index (χ4n) is 3.20. The third-order valence-electron chi connectivity index (χ3n) is 4.50. The van der Waals surface area contributed by atoms with Crippen molar-refractivity contribution >= 4 is 17.7 Å². The summed E-state index contributed by atoms with van der Waals surface area (Å²) in [6.07, 6.45) is 8.57. The van der Waals surface area contributed by atoms with Crippen LogP contribution in [0.1, 0.15) is 18.4 Å². The molecule has 1 aliphatic carbocycles. The lowest BCUT2D eigenvalue weighted by Gasteiger charge is -2.20. The molecule has 23 heavy (non-hydrogen) atoms. The standard InChI is InChI=1S/C16H20N4O3/c1-18(8-11-7-17-19(2)9-11)14(21)10-20-15(22)12-5-3-4-6-13(12)16(20)23/h3-4,7,9,12-13H,5-6,8,10H2,1-2H3. The number of hydrogen-bond acceptors (Lipinski definition) is 4. The van der Waals surface area contributed by atoms with Crippen molar-refractivity contribution in [2.45, 2.75) is 19.4 Å². The molecule has 1 aliphatic heterocycles. The number of likely N-dealkylation sites (N-methyl/N-ethyl adjacent to an activating group) is 1. The number of rotatable bonds is 4. The molecule has 2 aliphatic rings. The average molecular weight is 316 g/mol. The number of carbonyl (C=O) groups excluding carboxylic acids is 3. The molecule has 3 rings (SSSR count). The van der Waals surface area contributed by atoms with Crippen molar-refractivity contribution in [2.75, 3.05) is 13.6 Å². The minimum absolute atomic E-state index is 0.179. The number of aromatic nitrogens is 2. The summed E-state index contributed by atoms with van der Waals surface area (Å²) in [5, 5.41) is 4.06. The number of carbonyl (C=O) groups is 3. The highest BCUT2D eigenvalue weighted by Crippen LogP contribution is 2.34. The highest BCUT2D eigenvalue weighted by molar-refractivity contribution is 6.07. The lowest BCUT2D eigenvalue weighted by molar-refractivity contribution is -0.146. The zero-order chi connectivity index (χ0) is 16.6. The molecule has 0 aromatic carbocycles. The third kappa shape index (κ3) is 2.91. The van der Waals surface area contributed by atoms with Crippen molar-refractivity contribution in [3.8, 4) is 0 Å². The zero-order valence-electron chi connectivity index (χ0n) is 13.3. The summed E-state index contributed by atoms with van der Waals surface area (Å²) in [6, 6.07) is 0. The second-order valence-electron chi connectivity index (χ2n) is 6.19. The summed E-state index contributed by atoms with van der Waals surface area (Å²) < 4.78 is 1.67. The number of amides is 3. The fourth-order valence-corrected chi connectivity index (χ4v) is 3.20. The first-order valence-corrected chi connectivity index (χ1v) is 7.69. The van der Waals surface area contributed by atoms with Crippen molar-refractivity contribution in [1.29, 1.82) is 0 Å². The molecule has 1 saturated heterocycles. The van der Waals surface area contributed by atoms with Gasteiger partial charge in [0.25, 0.3) is 0 Å². The monoisotopic (exact) mass is 316 g/mol. The molecule has 0 N–H and O–H groups in total. The highest BCUT2D eigenvalue weighted by atomic mass is 16.2. The van der Waals surface area contributed by atoms with E-state index in [-0.39, 0.29) is 36.1 Å². The van der Waals surface area contributed by atoms with Crippen LogP contribution in [0.2, 0.25) is 0 Å².